The summed E-state index contributed by atoms with van der Waals surface area (Å²) in [5.74, 6) is -0.218. The summed E-state index contributed by atoms with van der Waals surface area (Å²) in [6, 6.07) is -0.668. The third-order valence-corrected chi connectivity index (χ3v) is 4.51. The van der Waals surface area contributed by atoms with Gasteiger partial charge in [0.1, 0.15) is 5.72 Å². The summed E-state index contributed by atoms with van der Waals surface area (Å²) in [4.78, 5) is 13.1. The van der Waals surface area contributed by atoms with Crippen LogP contribution in [0.2, 0.25) is 0 Å². The van der Waals surface area contributed by atoms with E-state index in [4.69, 9.17) is 0 Å². The van der Waals surface area contributed by atoms with Gasteiger partial charge in [-0.2, -0.15) is 0 Å². The maximum atomic E-state index is 11.4. The first-order valence-corrected chi connectivity index (χ1v) is 7.22. The number of aliphatic hydroxyl groups is 3. The smallest absolute Gasteiger partial charge is 0.217 e. The zero-order valence-corrected chi connectivity index (χ0v) is 11.9. The first-order chi connectivity index (χ1) is 9.53. The summed E-state index contributed by atoms with van der Waals surface area (Å²) in [7, 11) is 0. The van der Waals surface area contributed by atoms with Crippen LogP contribution in [0.3, 0.4) is 0 Å². The fourth-order valence-electron chi connectivity index (χ4n) is 3.65. The molecule has 116 valence electrons. The highest BCUT2D eigenvalue weighted by atomic mass is 16.3. The van der Waals surface area contributed by atoms with E-state index in [1.807, 2.05) is 0 Å². The van der Waals surface area contributed by atoms with E-state index >= 15 is 0 Å². The van der Waals surface area contributed by atoms with Gasteiger partial charge in [-0.05, 0) is 19.4 Å². The number of rotatable bonds is 5. The van der Waals surface area contributed by atoms with Crippen LogP contribution in [0.4, 0.5) is 0 Å². The Morgan fingerprint density at radius 2 is 2.25 bits per heavy atom. The van der Waals surface area contributed by atoms with E-state index in [1.165, 1.54) is 6.92 Å². The Morgan fingerprint density at radius 1 is 1.50 bits per heavy atom. The summed E-state index contributed by atoms with van der Waals surface area (Å²) in [5, 5.41) is 36.0. The largest absolute Gasteiger partial charge is 0.395 e. The van der Waals surface area contributed by atoms with Crippen molar-refractivity contribution in [2.75, 3.05) is 32.8 Å². The van der Waals surface area contributed by atoms with Crippen molar-refractivity contribution in [3.8, 4) is 0 Å². The van der Waals surface area contributed by atoms with Crippen molar-refractivity contribution in [2.45, 2.75) is 37.6 Å². The Kier molecular flexibility index (Phi) is 4.98. The van der Waals surface area contributed by atoms with Gasteiger partial charge in [0.15, 0.2) is 0 Å². The third-order valence-electron chi connectivity index (χ3n) is 4.51. The Hall–Kier alpha value is -0.730. The molecule has 2 aliphatic heterocycles. The van der Waals surface area contributed by atoms with Crippen molar-refractivity contribution in [3.05, 3.63) is 0 Å². The molecular formula is C13H25N3O4. The second-order valence-corrected chi connectivity index (χ2v) is 5.71. The van der Waals surface area contributed by atoms with Crippen LogP contribution in [-0.4, -0.2) is 76.8 Å². The minimum Gasteiger partial charge on any atom is -0.395 e. The molecule has 5 N–H and O–H groups in total. The number of nitrogens with one attached hydrogen (secondary N) is 2. The van der Waals surface area contributed by atoms with Crippen molar-refractivity contribution in [2.24, 2.45) is 5.92 Å². The highest BCUT2D eigenvalue weighted by Crippen LogP contribution is 2.40. The monoisotopic (exact) mass is 287 g/mol. The van der Waals surface area contributed by atoms with E-state index in [-0.39, 0.29) is 37.6 Å². The van der Waals surface area contributed by atoms with Crippen LogP contribution in [0.1, 0.15) is 19.8 Å². The number of carbonyl (C=O) groups is 1. The van der Waals surface area contributed by atoms with Crippen LogP contribution < -0.4 is 10.6 Å². The first kappa shape index (κ1) is 15.7. The number of carbonyl (C=O) groups excluding carboxylic acids is 1. The fraction of sp³-hybridized carbons (Fsp3) is 0.923. The molecule has 1 unspecified atom stereocenters. The predicted octanol–water partition coefficient (Wildman–Crippen LogP) is -2.15. The van der Waals surface area contributed by atoms with Crippen LogP contribution in [0.5, 0.6) is 0 Å². The van der Waals surface area contributed by atoms with Gasteiger partial charge in [-0.3, -0.25) is 9.69 Å². The topological polar surface area (TPSA) is 105 Å². The molecule has 2 rings (SSSR count). The van der Waals surface area contributed by atoms with Crippen LogP contribution in [0.25, 0.3) is 0 Å². The lowest BCUT2D eigenvalue weighted by Crippen LogP contribution is -2.62. The zero-order chi connectivity index (χ0) is 14.8. The zero-order valence-electron chi connectivity index (χ0n) is 11.9. The molecule has 0 saturated carbocycles. The number of β-amino-alcohol motifs (C(OH)–C–C–N with tert-alkyl or cyclic N) is 1. The number of hydrogen-bond acceptors (Lipinski definition) is 6. The number of likely N-dealkylation sites (tertiary alicyclic amines) is 1. The standard InChI is InChI=1S/C13H25N3O4/c1-9(19)15-12-6-11(8-18)16(4-5-17)13(12,20)10-2-3-14-7-10/h10-12,14,17-18,20H,2-8H2,1H3,(H,15,19)/t10-,11+,12+,13?/m1/s1. The normalized spacial score (nSPS) is 38.3. The van der Waals surface area contributed by atoms with E-state index in [1.54, 1.807) is 4.90 Å². The minimum atomic E-state index is -1.22. The molecule has 7 nitrogen and oxygen atoms in total. The molecular weight excluding hydrogens is 262 g/mol. The molecule has 2 aliphatic rings. The summed E-state index contributed by atoms with van der Waals surface area (Å²) in [5.41, 5.74) is -1.22. The second kappa shape index (κ2) is 6.36. The van der Waals surface area contributed by atoms with Gasteiger partial charge in [0.2, 0.25) is 5.91 Å². The van der Waals surface area contributed by atoms with Crippen molar-refractivity contribution in [3.63, 3.8) is 0 Å². The molecule has 0 aromatic heterocycles. The molecule has 0 aromatic carbocycles. The predicted molar refractivity (Wildman–Crippen MR) is 72.8 cm³/mol. The van der Waals surface area contributed by atoms with Gasteiger partial charge >= 0.3 is 0 Å². The molecule has 2 fully saturated rings. The summed E-state index contributed by atoms with van der Waals surface area (Å²) >= 11 is 0. The van der Waals surface area contributed by atoms with E-state index in [9.17, 15) is 20.1 Å². The maximum Gasteiger partial charge on any atom is 0.217 e. The average molecular weight is 287 g/mol. The van der Waals surface area contributed by atoms with E-state index < -0.39 is 11.8 Å². The molecule has 0 aromatic rings. The Labute approximate surface area is 119 Å². The van der Waals surface area contributed by atoms with Gasteiger partial charge in [-0.25, -0.2) is 0 Å². The van der Waals surface area contributed by atoms with E-state index in [2.05, 4.69) is 10.6 Å². The summed E-state index contributed by atoms with van der Waals surface area (Å²) < 4.78 is 0. The molecule has 0 radical (unpaired) electrons. The Morgan fingerprint density at radius 3 is 2.75 bits per heavy atom. The quantitative estimate of drug-likeness (QED) is 0.395. The van der Waals surface area contributed by atoms with Crippen LogP contribution >= 0.6 is 0 Å². The third kappa shape index (κ3) is 2.68. The SMILES string of the molecule is CC(=O)N[C@H]1C[C@@H](CO)N(CCO)C1(O)[C@@H]1CCNC1. The molecule has 20 heavy (non-hydrogen) atoms. The molecule has 7 heteroatoms. The molecule has 0 aliphatic carbocycles. The lowest BCUT2D eigenvalue weighted by molar-refractivity contribution is -0.155. The van der Waals surface area contributed by atoms with Gasteiger partial charge in [0.05, 0.1) is 19.3 Å². The van der Waals surface area contributed by atoms with Crippen LogP contribution in [0, 0.1) is 5.92 Å². The van der Waals surface area contributed by atoms with Crippen molar-refractivity contribution in [1.82, 2.24) is 15.5 Å². The number of hydrogen-bond donors (Lipinski definition) is 5. The van der Waals surface area contributed by atoms with E-state index in [0.29, 0.717) is 13.0 Å². The summed E-state index contributed by atoms with van der Waals surface area (Å²) in [6.07, 6.45) is 1.30. The highest BCUT2D eigenvalue weighted by molar-refractivity contribution is 5.73. The minimum absolute atomic E-state index is 0.0255. The Bertz CT molecular complexity index is 349. The molecule has 2 saturated heterocycles. The van der Waals surface area contributed by atoms with Crippen LogP contribution in [0.15, 0.2) is 0 Å². The van der Waals surface area contributed by atoms with Crippen molar-refractivity contribution in [1.29, 1.82) is 0 Å². The average Bonchev–Trinajstić information content (AvgIpc) is 3.01. The lowest BCUT2D eigenvalue weighted by atomic mass is 9.88. The lowest BCUT2D eigenvalue weighted by Gasteiger charge is -2.43. The fourth-order valence-corrected chi connectivity index (χ4v) is 3.65. The summed E-state index contributed by atoms with van der Waals surface area (Å²) in [6.45, 7) is 3.03. The van der Waals surface area contributed by atoms with Gasteiger partial charge in [-0.15, -0.1) is 0 Å². The van der Waals surface area contributed by atoms with Gasteiger partial charge in [0.25, 0.3) is 0 Å². The molecule has 0 bridgehead atoms. The van der Waals surface area contributed by atoms with Crippen LogP contribution in [-0.2, 0) is 4.79 Å². The first-order valence-electron chi connectivity index (χ1n) is 7.22. The van der Waals surface area contributed by atoms with Gasteiger partial charge < -0.3 is 26.0 Å². The number of aliphatic hydroxyl groups excluding tert-OH is 2. The number of amides is 1. The van der Waals surface area contributed by atoms with Gasteiger partial charge in [0, 0.05) is 32.0 Å². The van der Waals surface area contributed by atoms with Gasteiger partial charge in [-0.1, -0.05) is 0 Å². The van der Waals surface area contributed by atoms with Crippen molar-refractivity contribution >= 4 is 5.91 Å². The van der Waals surface area contributed by atoms with Crippen molar-refractivity contribution < 1.29 is 20.1 Å². The molecule has 0 spiro atoms. The van der Waals surface area contributed by atoms with E-state index in [0.717, 1.165) is 13.0 Å². The number of nitrogens with zero attached hydrogens (tertiary/aromatic N) is 1. The molecule has 2 heterocycles. The maximum absolute atomic E-state index is 11.4. The molecule has 1 amide bonds. The molecule has 4 atom stereocenters. The highest BCUT2D eigenvalue weighted by Gasteiger charge is 2.56. The Balaban J connectivity index is 2.28. The second-order valence-electron chi connectivity index (χ2n) is 5.71.